The van der Waals surface area contributed by atoms with Crippen molar-refractivity contribution in [2.45, 2.75) is 19.4 Å². The lowest BCUT2D eigenvalue weighted by molar-refractivity contribution is -0.137. The standard InChI is InChI=1S/C11H15NO2.ClH/c1-2-12-10(8-11(13)14)9-6-4-3-5-7-9;/h3-7,10,12H,2,8H2,1H3,(H,13,14);1H/t10-;/m0./s1. The van der Waals surface area contributed by atoms with Gasteiger partial charge in [-0.05, 0) is 12.1 Å². The molecule has 0 aliphatic carbocycles. The molecule has 0 heterocycles. The van der Waals surface area contributed by atoms with Gasteiger partial charge in [0.05, 0.1) is 6.42 Å². The normalized spacial score (nSPS) is 11.5. The second-order valence-corrected chi connectivity index (χ2v) is 3.12. The van der Waals surface area contributed by atoms with Crippen molar-refractivity contribution in [2.75, 3.05) is 6.54 Å². The molecule has 1 atom stereocenters. The van der Waals surface area contributed by atoms with Crippen LogP contribution in [0.5, 0.6) is 0 Å². The van der Waals surface area contributed by atoms with Crippen LogP contribution in [0.3, 0.4) is 0 Å². The van der Waals surface area contributed by atoms with E-state index in [1.807, 2.05) is 37.3 Å². The third-order valence-corrected chi connectivity index (χ3v) is 2.03. The fourth-order valence-electron chi connectivity index (χ4n) is 1.41. The minimum Gasteiger partial charge on any atom is -0.481 e. The Morgan fingerprint density at radius 1 is 1.40 bits per heavy atom. The molecular formula is C11H16ClNO2. The molecule has 0 amide bonds. The second kappa shape index (κ2) is 7.26. The first-order valence-electron chi connectivity index (χ1n) is 4.74. The van der Waals surface area contributed by atoms with Gasteiger partial charge in [-0.15, -0.1) is 12.4 Å². The second-order valence-electron chi connectivity index (χ2n) is 3.12. The average molecular weight is 230 g/mol. The first-order valence-corrected chi connectivity index (χ1v) is 4.74. The summed E-state index contributed by atoms with van der Waals surface area (Å²) in [5.41, 5.74) is 1.02. The van der Waals surface area contributed by atoms with Gasteiger partial charge in [0, 0.05) is 6.04 Å². The predicted octanol–water partition coefficient (Wildman–Crippen LogP) is 2.23. The molecule has 0 aromatic heterocycles. The summed E-state index contributed by atoms with van der Waals surface area (Å²) in [6, 6.07) is 9.56. The molecule has 0 spiro atoms. The Bertz CT molecular complexity index is 290. The molecule has 84 valence electrons. The highest BCUT2D eigenvalue weighted by atomic mass is 35.5. The first-order chi connectivity index (χ1) is 6.74. The van der Waals surface area contributed by atoms with Crippen molar-refractivity contribution in [3.8, 4) is 0 Å². The highest BCUT2D eigenvalue weighted by Gasteiger charge is 2.13. The van der Waals surface area contributed by atoms with Crippen molar-refractivity contribution in [1.29, 1.82) is 0 Å². The van der Waals surface area contributed by atoms with Gasteiger partial charge in [0.15, 0.2) is 0 Å². The van der Waals surface area contributed by atoms with E-state index in [2.05, 4.69) is 5.32 Å². The molecule has 15 heavy (non-hydrogen) atoms. The summed E-state index contributed by atoms with van der Waals surface area (Å²) >= 11 is 0. The number of benzene rings is 1. The number of hydrogen-bond acceptors (Lipinski definition) is 2. The quantitative estimate of drug-likeness (QED) is 0.814. The molecule has 0 aliphatic heterocycles. The van der Waals surface area contributed by atoms with Crippen LogP contribution in [0, 0.1) is 0 Å². The molecule has 1 aromatic rings. The van der Waals surface area contributed by atoms with Crippen LogP contribution in [0.15, 0.2) is 30.3 Å². The minimum absolute atomic E-state index is 0. The Hall–Kier alpha value is -1.06. The van der Waals surface area contributed by atoms with Gasteiger partial charge in [-0.25, -0.2) is 0 Å². The van der Waals surface area contributed by atoms with Gasteiger partial charge < -0.3 is 10.4 Å². The van der Waals surface area contributed by atoms with E-state index >= 15 is 0 Å². The Balaban J connectivity index is 0.00000196. The van der Waals surface area contributed by atoms with Crippen LogP contribution in [0.25, 0.3) is 0 Å². The predicted molar refractivity (Wildman–Crippen MR) is 62.4 cm³/mol. The lowest BCUT2D eigenvalue weighted by atomic mass is 10.0. The molecular weight excluding hydrogens is 214 g/mol. The number of rotatable bonds is 5. The van der Waals surface area contributed by atoms with Crippen LogP contribution < -0.4 is 5.32 Å². The van der Waals surface area contributed by atoms with E-state index in [-0.39, 0.29) is 24.9 Å². The summed E-state index contributed by atoms with van der Waals surface area (Å²) in [5.74, 6) is -0.778. The maximum Gasteiger partial charge on any atom is 0.305 e. The zero-order valence-corrected chi connectivity index (χ0v) is 9.46. The van der Waals surface area contributed by atoms with Crippen molar-refractivity contribution in [3.05, 3.63) is 35.9 Å². The van der Waals surface area contributed by atoms with E-state index in [1.165, 1.54) is 0 Å². The molecule has 3 nitrogen and oxygen atoms in total. The third kappa shape index (κ3) is 4.81. The highest BCUT2D eigenvalue weighted by molar-refractivity contribution is 5.85. The number of hydrogen-bond donors (Lipinski definition) is 2. The summed E-state index contributed by atoms with van der Waals surface area (Å²) in [6.45, 7) is 2.74. The van der Waals surface area contributed by atoms with E-state index in [9.17, 15) is 4.79 Å². The molecule has 0 fully saturated rings. The monoisotopic (exact) mass is 229 g/mol. The van der Waals surface area contributed by atoms with E-state index in [1.54, 1.807) is 0 Å². The van der Waals surface area contributed by atoms with Crippen LogP contribution in [0.2, 0.25) is 0 Å². The zero-order chi connectivity index (χ0) is 10.4. The van der Waals surface area contributed by atoms with Gasteiger partial charge in [-0.1, -0.05) is 37.3 Å². The van der Waals surface area contributed by atoms with Crippen molar-refractivity contribution < 1.29 is 9.90 Å². The molecule has 0 saturated carbocycles. The molecule has 0 unspecified atom stereocenters. The minimum atomic E-state index is -0.778. The largest absolute Gasteiger partial charge is 0.481 e. The van der Waals surface area contributed by atoms with E-state index < -0.39 is 5.97 Å². The zero-order valence-electron chi connectivity index (χ0n) is 8.64. The van der Waals surface area contributed by atoms with Crippen molar-refractivity contribution >= 4 is 18.4 Å². The topological polar surface area (TPSA) is 49.3 Å². The summed E-state index contributed by atoms with van der Waals surface area (Å²) < 4.78 is 0. The van der Waals surface area contributed by atoms with Gasteiger partial charge in [0.25, 0.3) is 0 Å². The molecule has 0 radical (unpaired) electrons. The average Bonchev–Trinajstić information content (AvgIpc) is 2.18. The Labute approximate surface area is 95.9 Å². The molecule has 1 aromatic carbocycles. The van der Waals surface area contributed by atoms with Crippen molar-refractivity contribution in [2.24, 2.45) is 0 Å². The molecule has 1 rings (SSSR count). The highest BCUT2D eigenvalue weighted by Crippen LogP contribution is 2.15. The van der Waals surface area contributed by atoms with Gasteiger partial charge in [0.1, 0.15) is 0 Å². The van der Waals surface area contributed by atoms with Crippen LogP contribution in [-0.4, -0.2) is 17.6 Å². The Morgan fingerprint density at radius 2 is 2.00 bits per heavy atom. The lowest BCUT2D eigenvalue weighted by Crippen LogP contribution is -2.23. The number of aliphatic carboxylic acids is 1. The van der Waals surface area contributed by atoms with Gasteiger partial charge in [0.2, 0.25) is 0 Å². The molecule has 0 aliphatic rings. The third-order valence-electron chi connectivity index (χ3n) is 2.03. The number of carbonyl (C=O) groups is 1. The SMILES string of the molecule is CCN[C@@H](CC(=O)O)c1ccccc1.Cl. The number of carboxylic acid groups (broad SMARTS) is 1. The summed E-state index contributed by atoms with van der Waals surface area (Å²) in [6.07, 6.45) is 0.123. The van der Waals surface area contributed by atoms with Gasteiger partial charge in [-0.3, -0.25) is 4.79 Å². The molecule has 4 heteroatoms. The molecule has 0 saturated heterocycles. The fourth-order valence-corrected chi connectivity index (χ4v) is 1.41. The number of nitrogens with one attached hydrogen (secondary N) is 1. The van der Waals surface area contributed by atoms with E-state index in [0.29, 0.717) is 0 Å². The van der Waals surface area contributed by atoms with Gasteiger partial charge in [-0.2, -0.15) is 0 Å². The Morgan fingerprint density at radius 3 is 2.47 bits per heavy atom. The number of halogens is 1. The van der Waals surface area contributed by atoms with Crippen LogP contribution in [-0.2, 0) is 4.79 Å². The van der Waals surface area contributed by atoms with Crippen LogP contribution in [0.4, 0.5) is 0 Å². The Kier molecular flexibility index (Phi) is 6.75. The van der Waals surface area contributed by atoms with E-state index in [0.717, 1.165) is 12.1 Å². The number of carboxylic acids is 1. The fraction of sp³-hybridized carbons (Fsp3) is 0.364. The first kappa shape index (κ1) is 13.9. The maximum absolute atomic E-state index is 10.6. The van der Waals surface area contributed by atoms with E-state index in [4.69, 9.17) is 5.11 Å². The summed E-state index contributed by atoms with van der Waals surface area (Å²) in [4.78, 5) is 10.6. The molecule has 0 bridgehead atoms. The maximum atomic E-state index is 10.6. The summed E-state index contributed by atoms with van der Waals surface area (Å²) in [5, 5.41) is 11.9. The lowest BCUT2D eigenvalue weighted by Gasteiger charge is -2.15. The van der Waals surface area contributed by atoms with Crippen molar-refractivity contribution in [3.63, 3.8) is 0 Å². The van der Waals surface area contributed by atoms with Crippen molar-refractivity contribution in [1.82, 2.24) is 5.32 Å². The van der Waals surface area contributed by atoms with Crippen LogP contribution >= 0.6 is 12.4 Å². The van der Waals surface area contributed by atoms with Crippen LogP contribution in [0.1, 0.15) is 24.9 Å². The van der Waals surface area contributed by atoms with Gasteiger partial charge >= 0.3 is 5.97 Å². The smallest absolute Gasteiger partial charge is 0.305 e. The summed E-state index contributed by atoms with van der Waals surface area (Å²) in [7, 11) is 0. The molecule has 2 N–H and O–H groups in total.